The molecule has 0 aromatic heterocycles. The number of hydrogen-bond acceptors (Lipinski definition) is 0. The predicted molar refractivity (Wildman–Crippen MR) is 25.5 cm³/mol. The minimum atomic E-state index is 2.11. The summed E-state index contributed by atoms with van der Waals surface area (Å²) < 4.78 is 0. The van der Waals surface area contributed by atoms with E-state index in [9.17, 15) is 0 Å². The van der Waals surface area contributed by atoms with Crippen LogP contribution in [0.5, 0.6) is 0 Å². The van der Waals surface area contributed by atoms with Gasteiger partial charge in [-0.05, 0) is 16.7 Å². The second kappa shape index (κ2) is 3.60. The van der Waals surface area contributed by atoms with Crippen LogP contribution in [0, 0.1) is 23.1 Å². The van der Waals surface area contributed by atoms with Gasteiger partial charge in [0.25, 0.3) is 0 Å². The van der Waals surface area contributed by atoms with Gasteiger partial charge in [0.2, 0.25) is 0 Å². The van der Waals surface area contributed by atoms with Crippen molar-refractivity contribution in [3.05, 3.63) is 0 Å². The molecule has 0 saturated carbocycles. The zero-order valence-electron chi connectivity index (χ0n) is 2.46. The number of terminal acetylenes is 1. The Labute approximate surface area is 39.7 Å². The van der Waals surface area contributed by atoms with Crippen LogP contribution in [0.2, 0.25) is 0 Å². The predicted octanol–water partition coefficient (Wildman–Crippen LogP) is 0.975. The lowest BCUT2D eigenvalue weighted by atomic mass is 10.7. The number of rotatable bonds is 0. The smallest absolute Gasteiger partial charge is 0.0117 e. The average Bonchev–Trinajstić information content (AvgIpc) is 1.41. The van der Waals surface area contributed by atoms with Crippen molar-refractivity contribution in [1.29, 1.82) is 0 Å². The Morgan fingerprint density at radius 3 is 2.20 bits per heavy atom. The Morgan fingerprint density at radius 2 is 2.20 bits per heavy atom. The summed E-state index contributed by atoms with van der Waals surface area (Å²) in [5.41, 5.74) is 0. The second-order valence-corrected chi connectivity index (χ2v) is 0.760. The molecule has 0 aliphatic carbocycles. The highest BCUT2D eigenvalue weighted by atomic mass is 79.9. The van der Waals surface area contributed by atoms with Crippen LogP contribution in [-0.4, -0.2) is 0 Å². The van der Waals surface area contributed by atoms with Gasteiger partial charge in [-0.15, -0.1) is 6.42 Å². The SMILES string of the molecule is C#CC#CBr. The molecule has 0 nitrogen and oxygen atoms in total. The van der Waals surface area contributed by atoms with Crippen LogP contribution in [0.4, 0.5) is 0 Å². The van der Waals surface area contributed by atoms with Crippen molar-refractivity contribution in [2.75, 3.05) is 0 Å². The highest BCUT2D eigenvalue weighted by Crippen LogP contribution is 1.63. The molecule has 0 bridgehead atoms. The summed E-state index contributed by atoms with van der Waals surface area (Å²) in [5, 5.41) is 0. The van der Waals surface area contributed by atoms with Crippen molar-refractivity contribution in [3.63, 3.8) is 0 Å². The van der Waals surface area contributed by atoms with E-state index < -0.39 is 0 Å². The quantitative estimate of drug-likeness (QED) is 0.427. The van der Waals surface area contributed by atoms with Crippen LogP contribution in [0.25, 0.3) is 0 Å². The summed E-state index contributed by atoms with van der Waals surface area (Å²) in [6, 6.07) is 0. The molecule has 0 fully saturated rings. The molecule has 0 saturated heterocycles. The standard InChI is InChI=1S/C4HBr/c1-2-3-4-5/h1H. The number of halogens is 1. The van der Waals surface area contributed by atoms with Gasteiger partial charge in [0.05, 0.1) is 0 Å². The summed E-state index contributed by atoms with van der Waals surface area (Å²) in [5.74, 6) is 4.41. The monoisotopic (exact) mass is 128 g/mol. The van der Waals surface area contributed by atoms with E-state index in [1.165, 1.54) is 0 Å². The van der Waals surface area contributed by atoms with Crippen molar-refractivity contribution in [1.82, 2.24) is 0 Å². The highest BCUT2D eigenvalue weighted by Gasteiger charge is 1.37. The van der Waals surface area contributed by atoms with Gasteiger partial charge in [-0.3, -0.25) is 0 Å². The largest absolute Gasteiger partial charge is 0.106 e. The van der Waals surface area contributed by atoms with Crippen LogP contribution in [0.3, 0.4) is 0 Å². The molecule has 0 aliphatic heterocycles. The zero-order chi connectivity index (χ0) is 4.12. The molecule has 0 radical (unpaired) electrons. The molecule has 0 atom stereocenters. The summed E-state index contributed by atoms with van der Waals surface area (Å²) in [7, 11) is 0. The van der Waals surface area contributed by atoms with Crippen molar-refractivity contribution in [2.24, 2.45) is 0 Å². The van der Waals surface area contributed by atoms with Crippen LogP contribution in [0.15, 0.2) is 0 Å². The molecule has 5 heavy (non-hydrogen) atoms. The Balaban J connectivity index is 3.30. The first-order chi connectivity index (χ1) is 2.41. The molecule has 0 heterocycles. The molecule has 0 rings (SSSR count). The van der Waals surface area contributed by atoms with Gasteiger partial charge < -0.3 is 0 Å². The molecular formula is C4HBr. The van der Waals surface area contributed by atoms with Crippen LogP contribution in [0.1, 0.15) is 0 Å². The highest BCUT2D eigenvalue weighted by molar-refractivity contribution is 9.12. The summed E-state index contributed by atoms with van der Waals surface area (Å²) in [4.78, 5) is 2.34. The van der Waals surface area contributed by atoms with Crippen molar-refractivity contribution in [2.45, 2.75) is 0 Å². The normalized spacial score (nSPS) is 3.20. The average molecular weight is 129 g/mol. The van der Waals surface area contributed by atoms with Gasteiger partial charge in [-0.25, -0.2) is 0 Å². The minimum Gasteiger partial charge on any atom is -0.106 e. The molecule has 0 N–H and O–H groups in total. The van der Waals surface area contributed by atoms with Crippen molar-refractivity contribution >= 4 is 15.9 Å². The molecule has 0 aliphatic rings. The molecule has 0 spiro atoms. The summed E-state index contributed by atoms with van der Waals surface area (Å²) >= 11 is 2.81. The van der Waals surface area contributed by atoms with Gasteiger partial charge in [0.15, 0.2) is 0 Å². The lowest BCUT2D eigenvalue weighted by Gasteiger charge is -1.39. The van der Waals surface area contributed by atoms with Crippen molar-refractivity contribution in [3.8, 4) is 23.1 Å². The molecular weight excluding hydrogens is 128 g/mol. The van der Waals surface area contributed by atoms with Gasteiger partial charge in [0, 0.05) is 15.9 Å². The molecule has 0 unspecified atom stereocenters. The summed E-state index contributed by atoms with van der Waals surface area (Å²) in [6.45, 7) is 0. The molecule has 0 amide bonds. The molecule has 0 aromatic rings. The van der Waals surface area contributed by atoms with Gasteiger partial charge >= 0.3 is 0 Å². The maximum atomic E-state index is 4.69. The van der Waals surface area contributed by atoms with E-state index in [-0.39, 0.29) is 0 Å². The third kappa shape index (κ3) is 3.60. The lowest BCUT2D eigenvalue weighted by Crippen LogP contribution is -1.32. The first kappa shape index (κ1) is 4.60. The number of hydrogen-bond donors (Lipinski definition) is 0. The first-order valence-electron chi connectivity index (χ1n) is 0.978. The second-order valence-electron chi connectivity index (χ2n) is 0.364. The first-order valence-corrected chi connectivity index (χ1v) is 1.77. The van der Waals surface area contributed by atoms with Crippen molar-refractivity contribution < 1.29 is 0 Å². The third-order valence-electron chi connectivity index (χ3n) is 0.119. The maximum absolute atomic E-state index is 4.69. The lowest BCUT2D eigenvalue weighted by molar-refractivity contribution is 2.61. The Morgan fingerprint density at radius 1 is 1.60 bits per heavy atom. The van der Waals surface area contributed by atoms with Crippen LogP contribution in [-0.2, 0) is 0 Å². The molecule has 0 aromatic carbocycles. The van der Waals surface area contributed by atoms with Crippen LogP contribution < -0.4 is 0 Å². The third-order valence-corrected chi connectivity index (χ3v) is 0.318. The molecule has 1 heteroatoms. The van der Waals surface area contributed by atoms with E-state index in [1.54, 1.807) is 0 Å². The van der Waals surface area contributed by atoms with Crippen LogP contribution >= 0.6 is 15.9 Å². The van der Waals surface area contributed by atoms with E-state index in [0.717, 1.165) is 0 Å². The van der Waals surface area contributed by atoms with E-state index in [4.69, 9.17) is 0 Å². The van der Waals surface area contributed by atoms with E-state index in [0.29, 0.717) is 0 Å². The summed E-state index contributed by atoms with van der Waals surface area (Å²) in [6.07, 6.45) is 4.69. The van der Waals surface area contributed by atoms with E-state index in [2.05, 4.69) is 39.0 Å². The fraction of sp³-hybridized carbons (Fsp3) is 0. The van der Waals surface area contributed by atoms with Gasteiger partial charge in [0.1, 0.15) is 0 Å². The topological polar surface area (TPSA) is 0 Å². The van der Waals surface area contributed by atoms with Gasteiger partial charge in [-0.1, -0.05) is 0 Å². The molecule has 24 valence electrons. The Bertz CT molecular complexity index is 97.0. The Kier molecular flexibility index (Phi) is 3.31. The van der Waals surface area contributed by atoms with E-state index in [1.807, 2.05) is 0 Å². The zero-order valence-corrected chi connectivity index (χ0v) is 4.04. The van der Waals surface area contributed by atoms with E-state index >= 15 is 0 Å². The van der Waals surface area contributed by atoms with Gasteiger partial charge in [-0.2, -0.15) is 0 Å². The fourth-order valence-corrected chi connectivity index (χ4v) is 0.142. The fourth-order valence-electron chi connectivity index (χ4n) is 0.0273. The Hall–Kier alpha value is -0.400. The minimum absolute atomic E-state index is 2.11. The maximum Gasteiger partial charge on any atom is 0.0117 e.